The van der Waals surface area contributed by atoms with E-state index in [2.05, 4.69) is 10.8 Å². The topological polar surface area (TPSA) is 99.7 Å². The predicted molar refractivity (Wildman–Crippen MR) is 88.4 cm³/mol. The molecule has 8 heteroatoms. The van der Waals surface area contributed by atoms with Crippen molar-refractivity contribution in [1.29, 1.82) is 5.26 Å². The van der Waals surface area contributed by atoms with E-state index in [0.717, 1.165) is 0 Å². The van der Waals surface area contributed by atoms with E-state index in [4.69, 9.17) is 5.26 Å². The molecule has 1 saturated heterocycles. The van der Waals surface area contributed by atoms with E-state index in [1.807, 2.05) is 9.80 Å². The molecule has 1 aliphatic heterocycles. The van der Waals surface area contributed by atoms with Crippen molar-refractivity contribution >= 4 is 23.4 Å². The van der Waals surface area contributed by atoms with Gasteiger partial charge in [-0.3, -0.25) is 15.0 Å². The smallest absolute Gasteiger partial charge is 0.330 e. The maximum Gasteiger partial charge on any atom is 0.330 e. The highest BCUT2D eigenvalue weighted by molar-refractivity contribution is 5.87. The first-order chi connectivity index (χ1) is 11.5. The highest BCUT2D eigenvalue weighted by atomic mass is 16.6. The molecule has 1 aromatic rings. The number of rotatable bonds is 5. The van der Waals surface area contributed by atoms with Crippen LogP contribution < -0.4 is 4.90 Å². The van der Waals surface area contributed by atoms with Gasteiger partial charge in [-0.25, -0.2) is 4.79 Å². The Balaban J connectivity index is 2.19. The number of ether oxygens (including phenoxy) is 1. The molecule has 1 heterocycles. The summed E-state index contributed by atoms with van der Waals surface area (Å²) in [5, 5.41) is 20.1. The standard InChI is InChI=1S/C16H18N4O4/c1-24-16(21)5-3-13-2-4-14(15(12-13)20(22)23)19-10-8-18(7-6-17)9-11-19/h2-5,12H,7-11H2,1H3/b5-3+. The molecule has 126 valence electrons. The third-order valence-electron chi connectivity index (χ3n) is 3.82. The van der Waals surface area contributed by atoms with Crippen LogP contribution in [0, 0.1) is 21.4 Å². The van der Waals surface area contributed by atoms with Gasteiger partial charge in [-0.1, -0.05) is 6.07 Å². The summed E-state index contributed by atoms with van der Waals surface area (Å²) in [5.41, 5.74) is 1.10. The lowest BCUT2D eigenvalue weighted by Gasteiger charge is -2.34. The number of nitro groups is 1. The number of nitro benzene ring substituents is 1. The first kappa shape index (κ1) is 17.4. The van der Waals surface area contributed by atoms with Crippen LogP contribution in [-0.4, -0.2) is 55.6 Å². The molecule has 0 N–H and O–H groups in total. The van der Waals surface area contributed by atoms with Crippen LogP contribution in [-0.2, 0) is 9.53 Å². The van der Waals surface area contributed by atoms with Gasteiger partial charge in [0.2, 0.25) is 0 Å². The Labute approximate surface area is 139 Å². The van der Waals surface area contributed by atoms with Gasteiger partial charge in [-0.2, -0.15) is 5.26 Å². The molecule has 0 aromatic heterocycles. The van der Waals surface area contributed by atoms with E-state index in [9.17, 15) is 14.9 Å². The van der Waals surface area contributed by atoms with E-state index < -0.39 is 10.9 Å². The minimum absolute atomic E-state index is 0.00394. The van der Waals surface area contributed by atoms with Crippen LogP contribution in [0.1, 0.15) is 5.56 Å². The molecule has 1 fully saturated rings. The highest BCUT2D eigenvalue weighted by Gasteiger charge is 2.23. The number of piperazine rings is 1. The van der Waals surface area contributed by atoms with E-state index in [-0.39, 0.29) is 5.69 Å². The molecular formula is C16H18N4O4. The van der Waals surface area contributed by atoms with Crippen LogP contribution in [0.25, 0.3) is 6.08 Å². The minimum Gasteiger partial charge on any atom is -0.466 e. The van der Waals surface area contributed by atoms with Crippen molar-refractivity contribution in [3.8, 4) is 6.07 Å². The number of nitriles is 1. The van der Waals surface area contributed by atoms with Gasteiger partial charge in [-0.15, -0.1) is 0 Å². The van der Waals surface area contributed by atoms with Crippen LogP contribution in [0.2, 0.25) is 0 Å². The average molecular weight is 330 g/mol. The van der Waals surface area contributed by atoms with Crippen LogP contribution in [0.4, 0.5) is 11.4 Å². The van der Waals surface area contributed by atoms with Gasteiger partial charge in [0.05, 0.1) is 24.6 Å². The van der Waals surface area contributed by atoms with Crippen molar-refractivity contribution < 1.29 is 14.5 Å². The first-order valence-corrected chi connectivity index (χ1v) is 7.44. The normalized spacial score (nSPS) is 15.2. The summed E-state index contributed by atoms with van der Waals surface area (Å²) in [6, 6.07) is 6.97. The number of esters is 1. The maximum atomic E-state index is 11.4. The summed E-state index contributed by atoms with van der Waals surface area (Å²) >= 11 is 0. The van der Waals surface area contributed by atoms with Crippen LogP contribution in [0.3, 0.4) is 0 Å². The molecule has 8 nitrogen and oxygen atoms in total. The van der Waals surface area contributed by atoms with Crippen molar-refractivity contribution in [2.24, 2.45) is 0 Å². The fraction of sp³-hybridized carbons (Fsp3) is 0.375. The van der Waals surface area contributed by atoms with Gasteiger partial charge < -0.3 is 9.64 Å². The minimum atomic E-state index is -0.518. The zero-order valence-electron chi connectivity index (χ0n) is 13.3. The molecule has 0 atom stereocenters. The molecule has 0 bridgehead atoms. The second-order valence-corrected chi connectivity index (χ2v) is 5.28. The molecule has 0 amide bonds. The number of carbonyl (C=O) groups excluding carboxylic acids is 1. The number of methoxy groups -OCH3 is 1. The monoisotopic (exact) mass is 330 g/mol. The molecule has 0 spiro atoms. The fourth-order valence-electron chi connectivity index (χ4n) is 2.54. The van der Waals surface area contributed by atoms with E-state index >= 15 is 0 Å². The molecule has 2 rings (SSSR count). The van der Waals surface area contributed by atoms with Crippen LogP contribution in [0.15, 0.2) is 24.3 Å². The lowest BCUT2D eigenvalue weighted by atomic mass is 10.1. The zero-order chi connectivity index (χ0) is 17.5. The number of hydrogen-bond acceptors (Lipinski definition) is 7. The van der Waals surface area contributed by atoms with Gasteiger partial charge in [-0.05, 0) is 17.7 Å². The van der Waals surface area contributed by atoms with Gasteiger partial charge in [0, 0.05) is 38.3 Å². The quantitative estimate of drug-likeness (QED) is 0.265. The average Bonchev–Trinajstić information content (AvgIpc) is 2.60. The molecule has 1 aliphatic rings. The van der Waals surface area contributed by atoms with Crippen molar-refractivity contribution in [2.75, 3.05) is 44.7 Å². The molecule has 0 saturated carbocycles. The number of anilines is 1. The van der Waals surface area contributed by atoms with E-state index in [1.54, 1.807) is 12.1 Å². The number of hydrogen-bond donors (Lipinski definition) is 0. The Bertz CT molecular complexity index is 688. The van der Waals surface area contributed by atoms with E-state index in [1.165, 1.54) is 25.3 Å². The fourth-order valence-corrected chi connectivity index (χ4v) is 2.54. The predicted octanol–water partition coefficient (Wildman–Crippen LogP) is 1.43. The zero-order valence-corrected chi connectivity index (χ0v) is 13.3. The molecule has 0 radical (unpaired) electrons. The molecule has 24 heavy (non-hydrogen) atoms. The van der Waals surface area contributed by atoms with Gasteiger partial charge in [0.1, 0.15) is 5.69 Å². The summed E-state index contributed by atoms with van der Waals surface area (Å²) in [5.74, 6) is -0.518. The number of nitrogens with zero attached hydrogens (tertiary/aromatic N) is 4. The van der Waals surface area contributed by atoms with Gasteiger partial charge in [0.25, 0.3) is 5.69 Å². The van der Waals surface area contributed by atoms with Gasteiger partial charge in [0.15, 0.2) is 0 Å². The van der Waals surface area contributed by atoms with Crippen molar-refractivity contribution in [2.45, 2.75) is 0 Å². The van der Waals surface area contributed by atoms with Crippen molar-refractivity contribution in [1.82, 2.24) is 4.90 Å². The van der Waals surface area contributed by atoms with Crippen LogP contribution in [0.5, 0.6) is 0 Å². The molecule has 0 aliphatic carbocycles. The SMILES string of the molecule is COC(=O)/C=C/c1ccc(N2CCN(CC#N)CC2)c([N+](=O)[O-])c1. The van der Waals surface area contributed by atoms with Gasteiger partial charge >= 0.3 is 5.97 Å². The van der Waals surface area contributed by atoms with Crippen molar-refractivity contribution in [3.63, 3.8) is 0 Å². The molecule has 1 aromatic carbocycles. The molecular weight excluding hydrogens is 312 g/mol. The van der Waals surface area contributed by atoms with E-state index in [0.29, 0.717) is 44.0 Å². The Morgan fingerprint density at radius 1 is 1.42 bits per heavy atom. The summed E-state index contributed by atoms with van der Waals surface area (Å²) in [7, 11) is 1.27. The second-order valence-electron chi connectivity index (χ2n) is 5.28. The van der Waals surface area contributed by atoms with Crippen LogP contribution >= 0.6 is 0 Å². The summed E-state index contributed by atoms with van der Waals surface area (Å²) < 4.78 is 4.50. The Hall–Kier alpha value is -2.92. The Morgan fingerprint density at radius 2 is 2.12 bits per heavy atom. The Morgan fingerprint density at radius 3 is 2.71 bits per heavy atom. The number of carbonyl (C=O) groups is 1. The third-order valence-corrected chi connectivity index (χ3v) is 3.82. The number of benzene rings is 1. The summed E-state index contributed by atoms with van der Waals surface area (Å²) in [6.07, 6.45) is 2.70. The maximum absolute atomic E-state index is 11.4. The largest absolute Gasteiger partial charge is 0.466 e. The first-order valence-electron chi connectivity index (χ1n) is 7.44. The second kappa shape index (κ2) is 8.08. The lowest BCUT2D eigenvalue weighted by molar-refractivity contribution is -0.384. The van der Waals surface area contributed by atoms with Crippen molar-refractivity contribution in [3.05, 3.63) is 40.0 Å². The summed E-state index contributed by atoms with van der Waals surface area (Å²) in [6.45, 7) is 3.00. The highest BCUT2D eigenvalue weighted by Crippen LogP contribution is 2.30. The third kappa shape index (κ3) is 4.30. The molecule has 0 unspecified atom stereocenters. The lowest BCUT2D eigenvalue weighted by Crippen LogP contribution is -2.46. The summed E-state index contributed by atoms with van der Waals surface area (Å²) in [4.78, 5) is 26.0. The Kier molecular flexibility index (Phi) is 5.87.